The number of thiazole rings is 2. The largest absolute Gasteiger partial charge is 0.338 e. The number of benzene rings is 4. The molecule has 0 radical (unpaired) electrons. The van der Waals surface area contributed by atoms with E-state index in [1.807, 2.05) is 46.2 Å². The van der Waals surface area contributed by atoms with E-state index in [9.17, 15) is 0 Å². The van der Waals surface area contributed by atoms with Crippen LogP contribution in [0.25, 0.3) is 32.6 Å². The van der Waals surface area contributed by atoms with Crippen LogP contribution in [0.2, 0.25) is 0 Å². The fourth-order valence-electron chi connectivity index (χ4n) is 6.65. The smallest absolute Gasteiger partial charge is 0.262 e. The number of nitrogens with zero attached hydrogens (tertiary/aromatic N) is 4. The van der Waals surface area contributed by atoms with Gasteiger partial charge in [-0.1, -0.05) is 94.7 Å². The summed E-state index contributed by atoms with van der Waals surface area (Å²) in [6, 6.07) is 34.8. The predicted octanol–water partition coefficient (Wildman–Crippen LogP) is 11.0. The van der Waals surface area contributed by atoms with Crippen LogP contribution in [0.3, 0.4) is 0 Å². The Morgan fingerprint density at radius 1 is 0.560 bits per heavy atom. The normalized spacial score (nSPS) is 16.4. The zero-order chi connectivity index (χ0) is 34.2. The molecule has 4 aromatic carbocycles. The minimum atomic E-state index is 1.02. The monoisotopic (exact) mass is 728 g/mol. The Labute approximate surface area is 311 Å². The molecule has 2 aliphatic rings. The number of aromatic nitrogens is 2. The summed E-state index contributed by atoms with van der Waals surface area (Å²) in [5, 5.41) is 5.13. The fourth-order valence-corrected chi connectivity index (χ4v) is 11.2. The minimum absolute atomic E-state index is 1.02. The SMILES string of the molecule is CN1C(=CC(=Cc2sc3ccccc3[n+]2C)CCCCC(=Cc2sc3ccccc3[n+]2C)C=C2Sc3ccccc3N2C)Sc2ccccc21. The van der Waals surface area contributed by atoms with Gasteiger partial charge in [-0.25, -0.2) is 0 Å². The highest BCUT2D eigenvalue weighted by Gasteiger charge is 2.24. The number of hydrogen-bond donors (Lipinski definition) is 0. The summed E-state index contributed by atoms with van der Waals surface area (Å²) < 4.78 is 7.32. The van der Waals surface area contributed by atoms with Crippen molar-refractivity contribution >= 4 is 90.2 Å². The summed E-state index contributed by atoms with van der Waals surface area (Å²) in [7, 11) is 8.76. The number of thioether (sulfide) groups is 2. The highest BCUT2D eigenvalue weighted by Crippen LogP contribution is 2.46. The number of unbranched alkanes of at least 4 members (excludes halogenated alkanes) is 1. The molecule has 8 heteroatoms. The van der Waals surface area contributed by atoms with Gasteiger partial charge < -0.3 is 9.80 Å². The number of rotatable bonds is 9. The van der Waals surface area contributed by atoms with E-state index in [0.717, 1.165) is 25.7 Å². The molecule has 0 saturated heterocycles. The minimum Gasteiger partial charge on any atom is -0.338 e. The summed E-state index contributed by atoms with van der Waals surface area (Å²) in [5.74, 6) is 0. The number of hydrogen-bond acceptors (Lipinski definition) is 6. The van der Waals surface area contributed by atoms with E-state index < -0.39 is 0 Å². The third-order valence-electron chi connectivity index (χ3n) is 9.50. The Hall–Kier alpha value is -4.08. The third kappa shape index (κ3) is 6.58. The lowest BCUT2D eigenvalue weighted by Gasteiger charge is -2.15. The number of para-hydroxylation sites is 4. The predicted molar refractivity (Wildman–Crippen MR) is 218 cm³/mol. The second-order valence-electron chi connectivity index (χ2n) is 12.8. The van der Waals surface area contributed by atoms with E-state index in [4.69, 9.17) is 0 Å². The van der Waals surface area contributed by atoms with Crippen LogP contribution in [0.4, 0.5) is 11.4 Å². The maximum Gasteiger partial charge on any atom is 0.262 e. The topological polar surface area (TPSA) is 14.2 Å². The molecule has 6 aromatic rings. The highest BCUT2D eigenvalue weighted by atomic mass is 32.2. The summed E-state index contributed by atoms with van der Waals surface area (Å²) in [5.41, 5.74) is 7.87. The second-order valence-corrected chi connectivity index (χ2v) is 17.1. The molecular weight excluding hydrogens is 689 g/mol. The average Bonchev–Trinajstić information content (AvgIpc) is 3.84. The first-order chi connectivity index (χ1) is 24.4. The Morgan fingerprint density at radius 3 is 1.38 bits per heavy atom. The van der Waals surface area contributed by atoms with E-state index in [0.29, 0.717) is 0 Å². The van der Waals surface area contributed by atoms with Crippen molar-refractivity contribution in [2.24, 2.45) is 14.1 Å². The first-order valence-electron chi connectivity index (χ1n) is 17.0. The molecule has 250 valence electrons. The summed E-state index contributed by atoms with van der Waals surface area (Å²) in [6.45, 7) is 0. The Balaban J connectivity index is 1.07. The van der Waals surface area contributed by atoms with Gasteiger partial charge in [0.15, 0.2) is 0 Å². The molecule has 2 aromatic heterocycles. The lowest BCUT2D eigenvalue weighted by atomic mass is 10.0. The van der Waals surface area contributed by atoms with Gasteiger partial charge in [-0.2, -0.15) is 9.13 Å². The summed E-state index contributed by atoms with van der Waals surface area (Å²) in [6.07, 6.45) is 13.9. The maximum atomic E-state index is 2.42. The fraction of sp³-hybridized carbons (Fsp3) is 0.190. The van der Waals surface area contributed by atoms with Gasteiger partial charge in [0.05, 0.1) is 21.4 Å². The van der Waals surface area contributed by atoms with Gasteiger partial charge in [0, 0.05) is 48.2 Å². The molecule has 0 amide bonds. The molecule has 0 aliphatic carbocycles. The van der Waals surface area contributed by atoms with Gasteiger partial charge in [-0.15, -0.1) is 0 Å². The Bertz CT molecular complexity index is 2190. The Morgan fingerprint density at radius 2 is 0.960 bits per heavy atom. The number of anilines is 2. The summed E-state index contributed by atoms with van der Waals surface area (Å²) >= 11 is 7.48. The van der Waals surface area contributed by atoms with Crippen LogP contribution in [0.1, 0.15) is 35.7 Å². The molecule has 0 unspecified atom stereocenters. The van der Waals surface area contributed by atoms with Crippen molar-refractivity contribution in [1.82, 2.24) is 0 Å². The van der Waals surface area contributed by atoms with Gasteiger partial charge in [0.1, 0.15) is 23.5 Å². The lowest BCUT2D eigenvalue weighted by Crippen LogP contribution is -2.28. The zero-order valence-electron chi connectivity index (χ0n) is 28.8. The quantitative estimate of drug-likeness (QED) is 0.109. The molecule has 4 heterocycles. The van der Waals surface area contributed by atoms with Crippen LogP contribution in [-0.4, -0.2) is 14.1 Å². The zero-order valence-corrected chi connectivity index (χ0v) is 32.1. The van der Waals surface area contributed by atoms with Gasteiger partial charge in [0.25, 0.3) is 10.0 Å². The van der Waals surface area contributed by atoms with Crippen LogP contribution in [0.15, 0.2) is 140 Å². The highest BCUT2D eigenvalue weighted by molar-refractivity contribution is 8.04. The Kier molecular flexibility index (Phi) is 9.44. The lowest BCUT2D eigenvalue weighted by molar-refractivity contribution is -0.642. The summed E-state index contributed by atoms with van der Waals surface area (Å²) in [4.78, 5) is 7.32. The van der Waals surface area contributed by atoms with Crippen molar-refractivity contribution in [3.8, 4) is 0 Å². The molecule has 0 spiro atoms. The first kappa shape index (κ1) is 33.1. The van der Waals surface area contributed by atoms with Gasteiger partial charge in [-0.05, 0) is 85.4 Å². The van der Waals surface area contributed by atoms with Crippen molar-refractivity contribution in [2.45, 2.75) is 35.5 Å². The van der Waals surface area contributed by atoms with E-state index >= 15 is 0 Å². The molecular formula is C42H40N4S4+2. The average molecular weight is 729 g/mol. The first-order valence-corrected chi connectivity index (χ1v) is 20.3. The molecule has 50 heavy (non-hydrogen) atoms. The molecule has 0 fully saturated rings. The van der Waals surface area contributed by atoms with E-state index in [2.05, 4.69) is 168 Å². The van der Waals surface area contributed by atoms with Crippen molar-refractivity contribution < 1.29 is 9.13 Å². The van der Waals surface area contributed by atoms with Crippen molar-refractivity contribution in [2.75, 3.05) is 23.9 Å². The molecule has 0 bridgehead atoms. The van der Waals surface area contributed by atoms with E-state index in [-0.39, 0.29) is 0 Å². The third-order valence-corrected chi connectivity index (χ3v) is 14.2. The molecule has 0 N–H and O–H groups in total. The number of allylic oxidation sites excluding steroid dienone is 4. The molecule has 8 rings (SSSR count). The van der Waals surface area contributed by atoms with E-state index in [1.165, 1.54) is 72.8 Å². The van der Waals surface area contributed by atoms with Crippen molar-refractivity contribution in [3.63, 3.8) is 0 Å². The van der Waals surface area contributed by atoms with Crippen LogP contribution in [-0.2, 0) is 14.1 Å². The van der Waals surface area contributed by atoms with Crippen LogP contribution in [0.5, 0.6) is 0 Å². The molecule has 2 aliphatic heterocycles. The number of fused-ring (bicyclic) bond motifs is 4. The molecule has 0 saturated carbocycles. The van der Waals surface area contributed by atoms with E-state index in [1.54, 1.807) is 0 Å². The van der Waals surface area contributed by atoms with Gasteiger partial charge >= 0.3 is 0 Å². The molecule has 4 nitrogen and oxygen atoms in total. The van der Waals surface area contributed by atoms with Crippen LogP contribution in [0, 0.1) is 0 Å². The van der Waals surface area contributed by atoms with Crippen LogP contribution >= 0.6 is 46.2 Å². The van der Waals surface area contributed by atoms with Gasteiger partial charge in [0.2, 0.25) is 11.0 Å². The second kappa shape index (κ2) is 14.3. The van der Waals surface area contributed by atoms with Gasteiger partial charge in [-0.3, -0.25) is 0 Å². The number of aryl methyl sites for hydroxylation is 2. The molecule has 0 atom stereocenters. The maximum absolute atomic E-state index is 2.42. The van der Waals surface area contributed by atoms with Crippen molar-refractivity contribution in [3.05, 3.63) is 140 Å². The van der Waals surface area contributed by atoms with Crippen LogP contribution < -0.4 is 18.9 Å². The standard InChI is InChI=1S/C42H40N4S4/c1-43-31-17-7-11-21-35(31)47-39(43)25-29(26-40-44(2)32-18-8-12-22-36(32)48-40)15-5-6-16-30(27-41-45(3)33-19-9-13-23-37(33)49-41)28-42-46(4)34-20-10-14-24-38(34)50-42/h7-14,17-28H,5-6,15-16H2,1-4H3/q+2. The van der Waals surface area contributed by atoms with Crippen molar-refractivity contribution in [1.29, 1.82) is 0 Å².